The van der Waals surface area contributed by atoms with Gasteiger partial charge in [-0.1, -0.05) is 218 Å². The van der Waals surface area contributed by atoms with Gasteiger partial charge in [0.05, 0.1) is 24.6 Å². The summed E-state index contributed by atoms with van der Waals surface area (Å²) in [5.74, 6) is -3.99. The van der Waals surface area contributed by atoms with Gasteiger partial charge >= 0.3 is 34.1 Å². The normalized spacial score (nSPS) is 9.34. The van der Waals surface area contributed by atoms with Crippen LogP contribution in [0, 0.1) is 0 Å². The fourth-order valence-electron chi connectivity index (χ4n) is 12.6. The maximum Gasteiger partial charge on any atom is 1.00 e. The molecule has 12 rings (SSSR count). The molecule has 0 unspecified atom stereocenters. The molecule has 628 valence electrons. The number of carbonyl (C=O) groups excluding carboxylic acids is 4. The zero-order valence-corrected chi connectivity index (χ0v) is 82.0. The SMILES string of the molecule is O.O.O=C([O-])CC[P+](c1ccccc1)(c1ccccc1)c1ccccc1.O=C([O-])CC[P+](c1ccccc1)(c1ccccc1)c1ccccc1.O=C([O-])CC[P+](c1ccccc1)(c1ccccc1)c1ccccc1.O=C([O-])CC[P+](c1ccccc1)(c1ccccc1)c1ccccc1.O[OH2+].O[OH2+].[Cd].[Cd].[Cl-].[Cl-].[Cl-].[Cl-].[Cl-].[Cl-].[Cl-].[Cl-].[Cu+].[Cu+].[OH3+].[OH3+]. The summed E-state index contributed by atoms with van der Waals surface area (Å²) in [6, 6.07) is 123. The summed E-state index contributed by atoms with van der Waals surface area (Å²) in [6.45, 7) is 0. The van der Waals surface area contributed by atoms with Gasteiger partial charge in [-0.2, -0.15) is 0 Å². The number of benzene rings is 12. The van der Waals surface area contributed by atoms with Crippen molar-refractivity contribution in [3.8, 4) is 0 Å². The monoisotopic (exact) mass is 2110 g/mol. The largest absolute Gasteiger partial charge is 1.00 e. The second kappa shape index (κ2) is 71.8. The van der Waals surface area contributed by atoms with Gasteiger partial charge in [0, 0.05) is 104 Å². The van der Waals surface area contributed by atoms with Crippen molar-refractivity contribution in [1.82, 2.24) is 0 Å². The van der Waals surface area contributed by atoms with E-state index in [-0.39, 0.29) is 236 Å². The predicted octanol–water partition coefficient (Wildman–Crippen LogP) is -20.6. The number of rotatable bonds is 24. The predicted molar refractivity (Wildman–Crippen MR) is 428 cm³/mol. The quantitative estimate of drug-likeness (QED) is 0.0189. The van der Waals surface area contributed by atoms with Gasteiger partial charge in [-0.15, -0.1) is 10.5 Å². The van der Waals surface area contributed by atoms with Gasteiger partial charge in [-0.3, -0.25) is 10.5 Å². The Morgan fingerprint density at radius 3 is 0.336 bits per heavy atom. The third kappa shape index (κ3) is 36.4. The van der Waals surface area contributed by atoms with Crippen LogP contribution in [0.5, 0.6) is 0 Å². The molecule has 0 heterocycles. The third-order valence-corrected chi connectivity index (χ3v) is 34.7. The van der Waals surface area contributed by atoms with Gasteiger partial charge in [0.2, 0.25) is 0 Å². The van der Waals surface area contributed by atoms with Crippen molar-refractivity contribution in [3.05, 3.63) is 364 Å². The van der Waals surface area contributed by atoms with Gasteiger partial charge in [0.25, 0.3) is 0 Å². The number of carbonyl (C=O) groups is 4. The topological polar surface area (TPSA) is 376 Å². The summed E-state index contributed by atoms with van der Waals surface area (Å²) in [6.07, 6.45) is 2.44. The summed E-state index contributed by atoms with van der Waals surface area (Å²) in [7, 11) is -8.11. The average molecular weight is 2120 g/mol. The zero-order chi connectivity index (χ0) is 71.3. The molecule has 0 aliphatic rings. The van der Waals surface area contributed by atoms with E-state index in [1.54, 1.807) is 0 Å². The third-order valence-electron chi connectivity index (χ3n) is 17.0. The van der Waals surface area contributed by atoms with Crippen molar-refractivity contribution in [3.63, 3.8) is 0 Å². The fourth-order valence-corrected chi connectivity index (χ4v) is 29.5. The Labute approximate surface area is 793 Å². The molecule has 12 aromatic rings. The van der Waals surface area contributed by atoms with Crippen LogP contribution in [0.15, 0.2) is 364 Å². The molecule has 0 aromatic heterocycles. The van der Waals surface area contributed by atoms with Gasteiger partial charge in [0.15, 0.2) is 0 Å². The van der Waals surface area contributed by atoms with Crippen LogP contribution in [-0.2, 0) is 119 Å². The maximum absolute atomic E-state index is 11.2. The van der Waals surface area contributed by atoms with E-state index in [0.29, 0.717) is 24.6 Å². The van der Waals surface area contributed by atoms with E-state index in [0.717, 1.165) is 0 Å². The molecule has 0 saturated carbocycles. The number of halogens is 8. The van der Waals surface area contributed by atoms with Crippen molar-refractivity contribution in [2.24, 2.45) is 0 Å². The van der Waals surface area contributed by atoms with Crippen molar-refractivity contribution in [1.29, 1.82) is 0 Å². The number of hydrogen-bond acceptors (Lipinski definition) is 10. The number of carboxylic acids is 4. The Hall–Kier alpha value is -4.88. The standard InChI is InChI=1S/4C21H19O2P.2Cd.8ClH.2Cu.2H2O2.4H2O/c4*22-21(23)16-17-24(18-10-4-1-5-11-18,19-12-6-2-7-13-19)20-14-8-3-9-15-20;;;;;;;;;;;;;2*1-2;;;;/h4*1-15H,16-17H2;;;8*1H;;;2*1-2H;4*1H2/q;;;;;;;;;;;;;;2*+1;;;;;;/p-4. The molecule has 0 spiro atoms. The Balaban J connectivity index is -0.000000152. The van der Waals surface area contributed by atoms with Crippen LogP contribution < -0.4 is 183 Å². The van der Waals surface area contributed by atoms with E-state index in [9.17, 15) is 39.6 Å². The molecule has 0 radical (unpaired) electrons. The fraction of sp³-hybridized carbons (Fsp3) is 0.0952. The molecule has 16 N–H and O–H groups in total. The van der Waals surface area contributed by atoms with Gasteiger partial charge in [-0.25, -0.2) is 0 Å². The molecule has 0 saturated heterocycles. The van der Waals surface area contributed by atoms with Crippen molar-refractivity contribution in [2.45, 2.75) is 25.7 Å². The molecule has 0 aliphatic carbocycles. The first kappa shape index (κ1) is 132. The summed E-state index contributed by atoms with van der Waals surface area (Å²) >= 11 is 0. The molecular formula is C84H92Cd2Cl8Cu2O16P4-2. The van der Waals surface area contributed by atoms with Crippen LogP contribution in [0.4, 0.5) is 0 Å². The number of hydrogen-bond donors (Lipinski definition) is 2. The molecule has 16 nitrogen and oxygen atoms in total. The molecular weight excluding hydrogens is 2020 g/mol. The first-order chi connectivity index (χ1) is 48.9. The second-order valence-electron chi connectivity index (χ2n) is 22.6. The molecule has 12 aromatic carbocycles. The van der Waals surface area contributed by atoms with Crippen LogP contribution in [0.25, 0.3) is 0 Å². The van der Waals surface area contributed by atoms with Crippen LogP contribution in [-0.4, -0.2) is 80.5 Å². The first-order valence-electron chi connectivity index (χ1n) is 32.4. The average Bonchev–Trinajstić information content (AvgIpc) is 0.782. The van der Waals surface area contributed by atoms with Crippen LogP contribution in [0.1, 0.15) is 25.7 Å². The molecule has 0 amide bonds. The maximum atomic E-state index is 11.2. The Bertz CT molecular complexity index is 3410. The second-order valence-corrected chi connectivity index (χ2v) is 37.1. The van der Waals surface area contributed by atoms with E-state index in [2.05, 4.69) is 146 Å². The van der Waals surface area contributed by atoms with Crippen molar-refractivity contribution < 1.29 is 271 Å². The van der Waals surface area contributed by atoms with E-state index in [4.69, 9.17) is 21.0 Å². The van der Waals surface area contributed by atoms with E-state index >= 15 is 0 Å². The number of carboxylic acid groups (broad SMARTS) is 4. The van der Waals surface area contributed by atoms with Crippen molar-refractivity contribution >= 4 is 117 Å². The molecule has 0 fully saturated rings. The summed E-state index contributed by atoms with van der Waals surface area (Å²) in [5.41, 5.74) is 0. The van der Waals surface area contributed by atoms with Crippen LogP contribution in [0.3, 0.4) is 0 Å². The first-order valence-corrected chi connectivity index (χ1v) is 40.3. The van der Waals surface area contributed by atoms with Gasteiger partial charge in [-0.05, 0) is 146 Å². The Morgan fingerprint density at radius 1 is 0.207 bits per heavy atom. The molecule has 0 aliphatic heterocycles. The van der Waals surface area contributed by atoms with E-state index in [1.807, 2.05) is 218 Å². The number of aliphatic carboxylic acids is 4. The van der Waals surface area contributed by atoms with Crippen molar-refractivity contribution in [2.75, 3.05) is 24.6 Å². The minimum absolute atomic E-state index is 0. The van der Waals surface area contributed by atoms with Gasteiger partial charge in [0.1, 0.15) is 92.7 Å². The summed E-state index contributed by atoms with van der Waals surface area (Å²) in [4.78, 5) is 45.0. The summed E-state index contributed by atoms with van der Waals surface area (Å²) < 4.78 is 0. The van der Waals surface area contributed by atoms with E-state index in [1.165, 1.54) is 63.7 Å². The van der Waals surface area contributed by atoms with Gasteiger partial charge < -0.3 is 161 Å². The van der Waals surface area contributed by atoms with E-state index < -0.39 is 52.9 Å². The molecule has 32 heteroatoms. The minimum Gasteiger partial charge on any atom is -1.00 e. The zero-order valence-electron chi connectivity index (χ0n) is 62.4. The Kier molecular flexibility index (Phi) is 81.6. The van der Waals surface area contributed by atoms with Crippen LogP contribution in [0.2, 0.25) is 0 Å². The minimum atomic E-state index is -2.03. The molecule has 0 bridgehead atoms. The Morgan fingerprint density at radius 2 is 0.276 bits per heavy atom. The molecule has 116 heavy (non-hydrogen) atoms. The smallest absolute Gasteiger partial charge is 1.00 e. The van der Waals surface area contributed by atoms with Crippen LogP contribution >= 0.6 is 29.0 Å². The summed E-state index contributed by atoms with van der Waals surface area (Å²) in [5, 5.41) is 81.4. The molecule has 0 atom stereocenters.